The molecule has 0 fully saturated rings. The summed E-state index contributed by atoms with van der Waals surface area (Å²) in [5.74, 6) is 0. The first-order chi connectivity index (χ1) is 8.58. The van der Waals surface area contributed by atoms with Crippen LogP contribution in [0.3, 0.4) is 0 Å². The first-order valence-electron chi connectivity index (χ1n) is 5.15. The van der Waals surface area contributed by atoms with Crippen molar-refractivity contribution in [1.82, 2.24) is 0 Å². The molecule has 0 amide bonds. The minimum Gasteiger partial charge on any atom is -0.193 e. The number of rotatable bonds is 2. The molecular formula is C14H8Cl3F. The molecule has 0 aliphatic carbocycles. The molecule has 0 nitrogen and oxygen atoms in total. The van der Waals surface area contributed by atoms with Crippen molar-refractivity contribution in [3.05, 3.63) is 75.0 Å². The van der Waals surface area contributed by atoms with Crippen LogP contribution in [0.2, 0.25) is 10.0 Å². The van der Waals surface area contributed by atoms with Gasteiger partial charge in [-0.15, -0.1) is 0 Å². The van der Waals surface area contributed by atoms with Crippen LogP contribution in [-0.2, 0) is 0 Å². The first-order valence-corrected chi connectivity index (χ1v) is 6.28. The topological polar surface area (TPSA) is 0 Å². The Morgan fingerprint density at radius 3 is 1.33 bits per heavy atom. The van der Waals surface area contributed by atoms with Crippen molar-refractivity contribution >= 4 is 40.4 Å². The Labute approximate surface area is 120 Å². The maximum Gasteiger partial charge on any atom is 0.197 e. The average molecular weight is 302 g/mol. The molecule has 2 aromatic carbocycles. The van der Waals surface area contributed by atoms with Crippen LogP contribution in [0, 0.1) is 0 Å². The van der Waals surface area contributed by atoms with E-state index in [2.05, 4.69) is 0 Å². The van der Waals surface area contributed by atoms with Crippen LogP contribution in [0.15, 0.2) is 53.8 Å². The summed E-state index contributed by atoms with van der Waals surface area (Å²) in [4.78, 5) is 0. The molecule has 0 heterocycles. The van der Waals surface area contributed by atoms with Gasteiger partial charge in [0, 0.05) is 15.6 Å². The Morgan fingerprint density at radius 1 is 0.722 bits per heavy atom. The van der Waals surface area contributed by atoms with Gasteiger partial charge in [0.25, 0.3) is 0 Å². The Balaban J connectivity index is 2.51. The van der Waals surface area contributed by atoms with E-state index in [1.54, 1.807) is 48.5 Å². The van der Waals surface area contributed by atoms with Gasteiger partial charge in [-0.25, -0.2) is 0 Å². The lowest BCUT2D eigenvalue weighted by atomic mass is 9.99. The fraction of sp³-hybridized carbons (Fsp3) is 0. The number of benzene rings is 2. The quantitative estimate of drug-likeness (QED) is 0.646. The van der Waals surface area contributed by atoms with Crippen molar-refractivity contribution in [1.29, 1.82) is 0 Å². The Bertz CT molecular complexity index is 519. The lowest BCUT2D eigenvalue weighted by Gasteiger charge is -2.08. The predicted octanol–water partition coefficient (Wildman–Crippen LogP) is 5.92. The van der Waals surface area contributed by atoms with E-state index in [0.29, 0.717) is 26.7 Å². The number of halogens is 4. The summed E-state index contributed by atoms with van der Waals surface area (Å²) in [7, 11) is 0. The molecule has 18 heavy (non-hydrogen) atoms. The van der Waals surface area contributed by atoms with E-state index in [9.17, 15) is 4.39 Å². The van der Waals surface area contributed by atoms with Crippen LogP contribution in [0.5, 0.6) is 0 Å². The molecule has 0 N–H and O–H groups in total. The maximum atomic E-state index is 13.5. The van der Waals surface area contributed by atoms with Gasteiger partial charge >= 0.3 is 0 Å². The Kier molecular flexibility index (Phi) is 4.28. The number of hydrogen-bond donors (Lipinski definition) is 0. The van der Waals surface area contributed by atoms with Crippen molar-refractivity contribution < 1.29 is 4.39 Å². The molecular weight excluding hydrogens is 294 g/mol. The fourth-order valence-electron chi connectivity index (χ4n) is 1.62. The van der Waals surface area contributed by atoms with Gasteiger partial charge in [0.15, 0.2) is 5.29 Å². The molecule has 0 radical (unpaired) electrons. The van der Waals surface area contributed by atoms with Crippen molar-refractivity contribution in [3.8, 4) is 0 Å². The zero-order valence-corrected chi connectivity index (χ0v) is 11.4. The summed E-state index contributed by atoms with van der Waals surface area (Å²) in [6, 6.07) is 13.6. The van der Waals surface area contributed by atoms with E-state index in [1.165, 1.54) is 0 Å². The highest BCUT2D eigenvalue weighted by Crippen LogP contribution is 2.31. The minimum atomic E-state index is -0.764. The van der Waals surface area contributed by atoms with Gasteiger partial charge in [-0.1, -0.05) is 59.1 Å². The molecule has 0 aliphatic heterocycles. The molecule has 4 heteroatoms. The molecule has 0 aromatic heterocycles. The van der Waals surface area contributed by atoms with Gasteiger partial charge in [-0.05, 0) is 35.4 Å². The molecule has 0 saturated heterocycles. The third-order valence-electron chi connectivity index (χ3n) is 2.45. The van der Waals surface area contributed by atoms with Gasteiger partial charge in [-0.2, -0.15) is 4.39 Å². The van der Waals surface area contributed by atoms with Crippen LogP contribution in [0.25, 0.3) is 5.57 Å². The van der Waals surface area contributed by atoms with E-state index in [1.807, 2.05) is 0 Å². The Morgan fingerprint density at radius 2 is 1.06 bits per heavy atom. The molecule has 0 aliphatic rings. The fourth-order valence-corrected chi connectivity index (χ4v) is 2.09. The summed E-state index contributed by atoms with van der Waals surface area (Å²) < 4.78 is 13.5. The third kappa shape index (κ3) is 3.05. The second kappa shape index (κ2) is 5.75. The summed E-state index contributed by atoms with van der Waals surface area (Å²) in [5.41, 5.74) is 1.65. The van der Waals surface area contributed by atoms with Crippen LogP contribution in [0.4, 0.5) is 4.39 Å². The first kappa shape index (κ1) is 13.4. The van der Waals surface area contributed by atoms with Crippen LogP contribution in [-0.4, -0.2) is 0 Å². The smallest absolute Gasteiger partial charge is 0.193 e. The molecule has 2 aromatic rings. The van der Waals surface area contributed by atoms with Crippen LogP contribution in [0.1, 0.15) is 11.1 Å². The highest BCUT2D eigenvalue weighted by molar-refractivity contribution is 6.32. The lowest BCUT2D eigenvalue weighted by molar-refractivity contribution is 0.698. The van der Waals surface area contributed by atoms with Crippen molar-refractivity contribution in [2.75, 3.05) is 0 Å². The van der Waals surface area contributed by atoms with E-state index in [0.717, 1.165) is 0 Å². The summed E-state index contributed by atoms with van der Waals surface area (Å²) >= 11 is 17.1. The highest BCUT2D eigenvalue weighted by Gasteiger charge is 2.10. The van der Waals surface area contributed by atoms with Crippen LogP contribution < -0.4 is 0 Å². The standard InChI is InChI=1S/C14H8Cl3F/c15-11-5-1-9(2-6-11)13(14(17)18)10-3-7-12(16)8-4-10/h1-8H. The normalized spacial score (nSPS) is 10.2. The number of hydrogen-bond acceptors (Lipinski definition) is 0. The van der Waals surface area contributed by atoms with Crippen molar-refractivity contribution in [3.63, 3.8) is 0 Å². The van der Waals surface area contributed by atoms with Gasteiger partial charge in [0.05, 0.1) is 0 Å². The summed E-state index contributed by atoms with van der Waals surface area (Å²) in [6.07, 6.45) is 0. The largest absolute Gasteiger partial charge is 0.197 e. The van der Waals surface area contributed by atoms with Crippen molar-refractivity contribution in [2.24, 2.45) is 0 Å². The summed E-state index contributed by atoms with van der Waals surface area (Å²) in [6.45, 7) is 0. The van der Waals surface area contributed by atoms with Gasteiger partial charge in [0.1, 0.15) is 0 Å². The third-order valence-corrected chi connectivity index (χ3v) is 3.15. The predicted molar refractivity (Wildman–Crippen MR) is 75.9 cm³/mol. The molecule has 2 rings (SSSR count). The van der Waals surface area contributed by atoms with E-state index < -0.39 is 5.29 Å². The Hall–Kier alpha value is -1.02. The second-order valence-electron chi connectivity index (χ2n) is 3.65. The lowest BCUT2D eigenvalue weighted by Crippen LogP contribution is -1.89. The molecule has 0 saturated carbocycles. The highest BCUT2D eigenvalue weighted by atomic mass is 35.5. The van der Waals surface area contributed by atoms with Crippen molar-refractivity contribution in [2.45, 2.75) is 0 Å². The van der Waals surface area contributed by atoms with E-state index in [-0.39, 0.29) is 0 Å². The minimum absolute atomic E-state index is 0.324. The maximum absolute atomic E-state index is 13.5. The van der Waals surface area contributed by atoms with Gasteiger partial charge in [0.2, 0.25) is 0 Å². The molecule has 0 spiro atoms. The van der Waals surface area contributed by atoms with Gasteiger partial charge < -0.3 is 0 Å². The van der Waals surface area contributed by atoms with Crippen LogP contribution >= 0.6 is 34.8 Å². The SMILES string of the molecule is FC(Cl)=C(c1ccc(Cl)cc1)c1ccc(Cl)cc1. The second-order valence-corrected chi connectivity index (χ2v) is 4.85. The molecule has 0 atom stereocenters. The van der Waals surface area contributed by atoms with E-state index >= 15 is 0 Å². The van der Waals surface area contributed by atoms with E-state index in [4.69, 9.17) is 34.8 Å². The van der Waals surface area contributed by atoms with Gasteiger partial charge in [-0.3, -0.25) is 0 Å². The zero-order valence-electron chi connectivity index (χ0n) is 9.13. The zero-order chi connectivity index (χ0) is 13.1. The average Bonchev–Trinajstić information content (AvgIpc) is 2.34. The molecule has 0 bridgehead atoms. The molecule has 92 valence electrons. The molecule has 0 unspecified atom stereocenters. The summed E-state index contributed by atoms with van der Waals surface area (Å²) in [5, 5.41) is 0.410. The monoisotopic (exact) mass is 300 g/mol.